The number of halogens is 2. The molecule has 0 aromatic heterocycles. The van der Waals surface area contributed by atoms with Crippen molar-refractivity contribution in [2.75, 3.05) is 13.2 Å². The SMILES string of the molecule is C[C@H](CCC(=O)NCCOS(=O)(=O)[O-])[C@H]1CC[C@H]2[C@@H]3[C@@H](O)C[C@@H]4C[C@@H](O)C(F)(F)C[C@]4(C)[C@H]3CC[C@]12C.[Na+]. The van der Waals surface area contributed by atoms with Gasteiger partial charge in [0.15, 0.2) is 0 Å². The molecule has 38 heavy (non-hydrogen) atoms. The summed E-state index contributed by atoms with van der Waals surface area (Å²) < 4.78 is 64.9. The number of nitrogens with one attached hydrogen (secondary N) is 1. The number of fused-ring (bicyclic) bond motifs is 5. The average molecular weight is 574 g/mol. The van der Waals surface area contributed by atoms with E-state index in [1.165, 1.54) is 0 Å². The number of carbonyl (C=O) groups is 1. The number of rotatable bonds is 8. The summed E-state index contributed by atoms with van der Waals surface area (Å²) in [6.07, 6.45) is 2.56. The van der Waals surface area contributed by atoms with E-state index in [1.54, 1.807) is 0 Å². The van der Waals surface area contributed by atoms with E-state index in [2.05, 4.69) is 23.3 Å². The van der Waals surface area contributed by atoms with E-state index in [0.29, 0.717) is 18.8 Å². The summed E-state index contributed by atoms with van der Waals surface area (Å²) >= 11 is 0. The van der Waals surface area contributed by atoms with Crippen LogP contribution in [0.25, 0.3) is 0 Å². The molecule has 214 valence electrons. The number of alkyl halides is 2. The molecule has 3 N–H and O–H groups in total. The molecule has 0 aliphatic heterocycles. The Labute approximate surface area is 247 Å². The fourth-order valence-corrected chi connectivity index (χ4v) is 9.48. The maximum atomic E-state index is 14.7. The van der Waals surface area contributed by atoms with Crippen LogP contribution in [-0.2, 0) is 19.4 Å². The molecule has 0 aromatic carbocycles. The molecular weight excluding hydrogens is 531 g/mol. The van der Waals surface area contributed by atoms with Crippen molar-refractivity contribution < 1.29 is 70.5 Å². The first-order chi connectivity index (χ1) is 17.1. The van der Waals surface area contributed by atoms with Crippen molar-refractivity contribution in [1.82, 2.24) is 5.32 Å². The summed E-state index contributed by atoms with van der Waals surface area (Å²) in [5, 5.41) is 23.9. The summed E-state index contributed by atoms with van der Waals surface area (Å²) in [4.78, 5) is 12.2. The molecule has 4 aliphatic carbocycles. The van der Waals surface area contributed by atoms with Crippen molar-refractivity contribution in [2.45, 2.75) is 96.7 Å². The number of hydrogen-bond donors (Lipinski definition) is 3. The molecular formula is C26H42F2NNaO7S. The quantitative estimate of drug-likeness (QED) is 0.164. The van der Waals surface area contributed by atoms with E-state index in [4.69, 9.17) is 0 Å². The molecule has 4 saturated carbocycles. The second kappa shape index (κ2) is 11.8. The van der Waals surface area contributed by atoms with Crippen LogP contribution >= 0.6 is 0 Å². The van der Waals surface area contributed by atoms with Crippen LogP contribution in [0.3, 0.4) is 0 Å². The monoisotopic (exact) mass is 573 g/mol. The van der Waals surface area contributed by atoms with Crippen molar-refractivity contribution in [1.29, 1.82) is 0 Å². The van der Waals surface area contributed by atoms with Crippen LogP contribution in [0, 0.1) is 46.3 Å². The normalized spacial score (nSPS) is 42.7. The molecule has 0 heterocycles. The second-order valence-electron chi connectivity index (χ2n) is 12.8. The second-order valence-corrected chi connectivity index (χ2v) is 13.9. The van der Waals surface area contributed by atoms with E-state index in [-0.39, 0.29) is 96.3 Å². The molecule has 0 saturated heterocycles. The maximum Gasteiger partial charge on any atom is 1.00 e. The molecule has 4 aliphatic rings. The number of aliphatic hydroxyl groups excluding tert-OH is 2. The van der Waals surface area contributed by atoms with Crippen LogP contribution in [-0.4, -0.2) is 60.4 Å². The van der Waals surface area contributed by atoms with Crippen molar-refractivity contribution in [3.63, 3.8) is 0 Å². The zero-order chi connectivity index (χ0) is 27.4. The number of carbonyl (C=O) groups excluding carboxylic acids is 1. The van der Waals surface area contributed by atoms with Crippen molar-refractivity contribution in [3.8, 4) is 0 Å². The maximum absolute atomic E-state index is 14.7. The van der Waals surface area contributed by atoms with Gasteiger partial charge >= 0.3 is 29.6 Å². The van der Waals surface area contributed by atoms with Crippen LogP contribution in [0.1, 0.15) is 78.6 Å². The molecule has 0 aromatic rings. The number of amides is 1. The molecule has 8 nitrogen and oxygen atoms in total. The molecule has 10 atom stereocenters. The minimum absolute atomic E-state index is 0. The van der Waals surface area contributed by atoms with Gasteiger partial charge in [0.1, 0.15) is 6.10 Å². The Kier molecular flexibility index (Phi) is 10.1. The van der Waals surface area contributed by atoms with E-state index < -0.39 is 40.6 Å². The molecule has 1 amide bonds. The van der Waals surface area contributed by atoms with Crippen LogP contribution in [0.4, 0.5) is 8.78 Å². The van der Waals surface area contributed by atoms with Gasteiger partial charge in [0.25, 0.3) is 5.92 Å². The predicted molar refractivity (Wildman–Crippen MR) is 130 cm³/mol. The van der Waals surface area contributed by atoms with Crippen LogP contribution < -0.4 is 34.9 Å². The molecule has 0 spiro atoms. The van der Waals surface area contributed by atoms with Gasteiger partial charge in [-0.3, -0.25) is 8.98 Å². The van der Waals surface area contributed by atoms with Crippen LogP contribution in [0.15, 0.2) is 0 Å². The van der Waals surface area contributed by atoms with Gasteiger partial charge in [-0.2, -0.15) is 0 Å². The van der Waals surface area contributed by atoms with Gasteiger partial charge in [-0.05, 0) is 91.3 Å². The fourth-order valence-electron chi connectivity index (χ4n) is 9.19. The third-order valence-electron chi connectivity index (χ3n) is 10.9. The Morgan fingerprint density at radius 2 is 1.79 bits per heavy atom. The van der Waals surface area contributed by atoms with Crippen LogP contribution in [0.2, 0.25) is 0 Å². The van der Waals surface area contributed by atoms with E-state index in [9.17, 15) is 36.8 Å². The first-order valence-corrected chi connectivity index (χ1v) is 15.0. The smallest absolute Gasteiger partial charge is 0.726 e. The molecule has 0 unspecified atom stereocenters. The first kappa shape index (κ1) is 32.6. The Morgan fingerprint density at radius 3 is 2.45 bits per heavy atom. The van der Waals surface area contributed by atoms with Gasteiger partial charge in [-0.25, -0.2) is 17.2 Å². The molecule has 4 fully saturated rings. The Morgan fingerprint density at radius 1 is 1.13 bits per heavy atom. The standard InChI is InChI=1S/C26H43F2NO7S.Na/c1-15(4-7-22(32)29-10-11-36-37(33,34)35)17-5-6-18-23-19(8-9-24(17,18)2)25(3)14-26(27,28)21(31)13-16(25)12-20(23)30;/h15-21,23,30-31H,4-14H2,1-3H3,(H,29,32)(H,33,34,35);/q;+1/p-1/t15-,16-,17-,18+,19+,20+,21-,23+,24-,25+;/m1./s1. The molecule has 0 radical (unpaired) electrons. The molecule has 12 heteroatoms. The van der Waals surface area contributed by atoms with E-state index >= 15 is 0 Å². The summed E-state index contributed by atoms with van der Waals surface area (Å²) in [6.45, 7) is 5.93. The van der Waals surface area contributed by atoms with Crippen molar-refractivity contribution in [2.24, 2.45) is 46.3 Å². The van der Waals surface area contributed by atoms with Gasteiger partial charge in [0.05, 0.1) is 12.7 Å². The van der Waals surface area contributed by atoms with Gasteiger partial charge in [0, 0.05) is 19.4 Å². The molecule has 0 bridgehead atoms. The van der Waals surface area contributed by atoms with Crippen molar-refractivity contribution >= 4 is 16.3 Å². The summed E-state index contributed by atoms with van der Waals surface area (Å²) in [7, 11) is -4.78. The zero-order valence-corrected chi connectivity index (χ0v) is 25.8. The largest absolute Gasteiger partial charge is 1.00 e. The van der Waals surface area contributed by atoms with Crippen LogP contribution in [0.5, 0.6) is 0 Å². The summed E-state index contributed by atoms with van der Waals surface area (Å²) in [6, 6.07) is 0. The van der Waals surface area contributed by atoms with Gasteiger partial charge in [0.2, 0.25) is 16.3 Å². The third kappa shape index (κ3) is 6.30. The van der Waals surface area contributed by atoms with E-state index in [1.807, 2.05) is 6.92 Å². The van der Waals surface area contributed by atoms with Gasteiger partial charge < -0.3 is 20.1 Å². The minimum atomic E-state index is -4.78. The third-order valence-corrected chi connectivity index (χ3v) is 11.4. The fraction of sp³-hybridized carbons (Fsp3) is 0.962. The minimum Gasteiger partial charge on any atom is -0.726 e. The first-order valence-electron chi connectivity index (χ1n) is 13.7. The predicted octanol–water partition coefficient (Wildman–Crippen LogP) is 0.236. The zero-order valence-electron chi connectivity index (χ0n) is 23.0. The Hall–Kier alpha value is 0.120. The average Bonchev–Trinajstić information content (AvgIpc) is 3.13. The van der Waals surface area contributed by atoms with Gasteiger partial charge in [-0.1, -0.05) is 20.8 Å². The Bertz CT molecular complexity index is 971. The van der Waals surface area contributed by atoms with E-state index in [0.717, 1.165) is 25.7 Å². The van der Waals surface area contributed by atoms with Crippen molar-refractivity contribution in [3.05, 3.63) is 0 Å². The molecule has 4 rings (SSSR count). The number of aliphatic hydroxyl groups is 2. The topological polar surface area (TPSA) is 136 Å². The van der Waals surface area contributed by atoms with Gasteiger partial charge in [-0.15, -0.1) is 0 Å². The Balaban J connectivity index is 0.00000400. The summed E-state index contributed by atoms with van der Waals surface area (Å²) in [5.74, 6) is -2.60. The number of hydrogen-bond acceptors (Lipinski definition) is 7. The summed E-state index contributed by atoms with van der Waals surface area (Å²) in [5.41, 5.74) is -0.626.